The first-order valence-electron chi connectivity index (χ1n) is 4.82. The molecule has 0 atom stereocenters. The Hall–Kier alpha value is -1.65. The van der Waals surface area contributed by atoms with E-state index in [1.165, 1.54) is 7.05 Å². The molecule has 0 spiro atoms. The first kappa shape index (κ1) is 12.4. The lowest BCUT2D eigenvalue weighted by Crippen LogP contribution is -2.35. The molecule has 5 heteroatoms. The van der Waals surface area contributed by atoms with Crippen LogP contribution in [0.15, 0.2) is 30.3 Å². The highest BCUT2D eigenvalue weighted by Crippen LogP contribution is 2.08. The van der Waals surface area contributed by atoms with Gasteiger partial charge in [-0.25, -0.2) is 0 Å². The van der Waals surface area contributed by atoms with Gasteiger partial charge in [-0.1, -0.05) is 18.2 Å². The van der Waals surface area contributed by atoms with Crippen molar-refractivity contribution in [2.24, 2.45) is 0 Å². The summed E-state index contributed by atoms with van der Waals surface area (Å²) in [5, 5.41) is 0. The molecule has 1 rings (SSSR count). The maximum atomic E-state index is 12.0. The average molecular weight is 229 g/mol. The largest absolute Gasteiger partial charge is 0.492 e. The predicted molar refractivity (Wildman–Crippen MR) is 55.6 cm³/mol. The second-order valence-electron chi connectivity index (χ2n) is 3.22. The number of amides is 1. The summed E-state index contributed by atoms with van der Waals surface area (Å²) in [5.74, 6) is -0.531. The summed E-state index contributed by atoms with van der Waals surface area (Å²) in [5.41, 5.74) is 0. The summed E-state index contributed by atoms with van der Waals surface area (Å²) in [6.07, 6.45) is -2.96. The molecule has 88 valence electrons. The van der Waals surface area contributed by atoms with Crippen molar-refractivity contribution in [1.82, 2.24) is 4.90 Å². The molecule has 0 heterocycles. The Morgan fingerprint density at radius 1 is 1.38 bits per heavy atom. The Kier molecular flexibility index (Phi) is 4.69. The number of benzene rings is 1. The van der Waals surface area contributed by atoms with E-state index in [0.717, 1.165) is 4.90 Å². The molecule has 0 fully saturated rings. The molecule has 0 aromatic heterocycles. The molecule has 0 aliphatic heterocycles. The van der Waals surface area contributed by atoms with Gasteiger partial charge >= 0.3 is 6.43 Å². The minimum absolute atomic E-state index is 0.137. The zero-order valence-electron chi connectivity index (χ0n) is 8.90. The molecule has 1 amide bonds. The molecule has 16 heavy (non-hydrogen) atoms. The summed E-state index contributed by atoms with van der Waals surface area (Å²) in [6.45, 7) is 0.330. The Labute approximate surface area is 92.6 Å². The number of hydrogen-bond acceptors (Lipinski definition) is 2. The monoisotopic (exact) mass is 229 g/mol. The van der Waals surface area contributed by atoms with Crippen LogP contribution >= 0.6 is 0 Å². The van der Waals surface area contributed by atoms with Crippen LogP contribution in [0.2, 0.25) is 0 Å². The van der Waals surface area contributed by atoms with E-state index < -0.39 is 12.3 Å². The van der Waals surface area contributed by atoms with E-state index in [0.29, 0.717) is 5.75 Å². The van der Waals surface area contributed by atoms with Gasteiger partial charge in [0.05, 0.1) is 6.54 Å². The zero-order valence-corrected chi connectivity index (χ0v) is 8.90. The van der Waals surface area contributed by atoms with Gasteiger partial charge in [0.1, 0.15) is 12.4 Å². The van der Waals surface area contributed by atoms with E-state index >= 15 is 0 Å². The number of nitrogens with zero attached hydrogens (tertiary/aromatic N) is 1. The highest BCUT2D eigenvalue weighted by molar-refractivity contribution is 5.78. The van der Waals surface area contributed by atoms with Gasteiger partial charge in [-0.05, 0) is 12.1 Å². The summed E-state index contributed by atoms with van der Waals surface area (Å²) in [4.78, 5) is 11.8. The van der Waals surface area contributed by atoms with Gasteiger partial charge in [-0.15, -0.1) is 0 Å². The number of hydrogen-bond donors (Lipinski definition) is 0. The summed E-state index contributed by atoms with van der Waals surface area (Å²) in [7, 11) is 1.32. The number of rotatable bonds is 5. The molecule has 1 aromatic rings. The molecule has 3 nitrogen and oxygen atoms in total. The highest BCUT2D eigenvalue weighted by Gasteiger charge is 2.19. The van der Waals surface area contributed by atoms with Crippen LogP contribution in [0.4, 0.5) is 8.78 Å². The van der Waals surface area contributed by atoms with E-state index in [-0.39, 0.29) is 13.2 Å². The normalized spacial score (nSPS) is 10.2. The van der Waals surface area contributed by atoms with Gasteiger partial charge in [0.2, 0.25) is 0 Å². The fraction of sp³-hybridized carbons (Fsp3) is 0.364. The van der Waals surface area contributed by atoms with Crippen molar-refractivity contribution in [2.75, 3.05) is 20.2 Å². The summed E-state index contributed by atoms with van der Waals surface area (Å²) in [6, 6.07) is 8.98. The standard InChI is InChI=1S/C11H13F2NO2/c1-14(11(15)10(12)13)7-8-16-9-5-3-2-4-6-9/h2-6,10H,7-8H2,1H3. The van der Waals surface area contributed by atoms with E-state index in [1.54, 1.807) is 12.1 Å². The van der Waals surface area contributed by atoms with Crippen molar-refractivity contribution in [2.45, 2.75) is 6.43 Å². The van der Waals surface area contributed by atoms with Crippen molar-refractivity contribution in [3.05, 3.63) is 30.3 Å². The molecule has 1 aromatic carbocycles. The molecule has 0 aliphatic carbocycles. The third-order valence-corrected chi connectivity index (χ3v) is 2.00. The molecule has 0 radical (unpaired) electrons. The number of alkyl halides is 2. The lowest BCUT2D eigenvalue weighted by atomic mass is 10.3. The third-order valence-electron chi connectivity index (χ3n) is 2.00. The van der Waals surface area contributed by atoms with E-state index in [9.17, 15) is 13.6 Å². The third kappa shape index (κ3) is 3.84. The number of ether oxygens (including phenoxy) is 1. The fourth-order valence-electron chi connectivity index (χ4n) is 1.09. The molecule has 0 saturated heterocycles. The van der Waals surface area contributed by atoms with Crippen molar-refractivity contribution in [3.63, 3.8) is 0 Å². The SMILES string of the molecule is CN(CCOc1ccccc1)C(=O)C(F)F. The number of para-hydroxylation sites is 1. The smallest absolute Gasteiger partial charge is 0.315 e. The molecule has 0 N–H and O–H groups in total. The number of carbonyl (C=O) groups excluding carboxylic acids is 1. The van der Waals surface area contributed by atoms with Gasteiger partial charge in [-0.2, -0.15) is 8.78 Å². The fourth-order valence-corrected chi connectivity index (χ4v) is 1.09. The molecular weight excluding hydrogens is 216 g/mol. The van der Waals surface area contributed by atoms with Gasteiger partial charge in [0, 0.05) is 7.05 Å². The van der Waals surface area contributed by atoms with Crippen LogP contribution in [0.1, 0.15) is 0 Å². The summed E-state index contributed by atoms with van der Waals surface area (Å²) < 4.78 is 29.3. The minimum atomic E-state index is -2.96. The van der Waals surface area contributed by atoms with Crippen molar-refractivity contribution < 1.29 is 18.3 Å². The maximum Gasteiger partial charge on any atom is 0.315 e. The van der Waals surface area contributed by atoms with Crippen LogP contribution in [-0.4, -0.2) is 37.4 Å². The van der Waals surface area contributed by atoms with Crippen molar-refractivity contribution >= 4 is 5.91 Å². The lowest BCUT2D eigenvalue weighted by molar-refractivity contribution is -0.141. The zero-order chi connectivity index (χ0) is 12.0. The highest BCUT2D eigenvalue weighted by atomic mass is 19.3. The van der Waals surface area contributed by atoms with Crippen LogP contribution in [0.5, 0.6) is 5.75 Å². The predicted octanol–water partition coefficient (Wildman–Crippen LogP) is 1.79. The Bertz CT molecular complexity index is 330. The summed E-state index contributed by atoms with van der Waals surface area (Å²) >= 11 is 0. The maximum absolute atomic E-state index is 12.0. The quantitative estimate of drug-likeness (QED) is 0.770. The van der Waals surface area contributed by atoms with Gasteiger partial charge in [0.25, 0.3) is 5.91 Å². The first-order valence-corrected chi connectivity index (χ1v) is 4.82. The van der Waals surface area contributed by atoms with Crippen LogP contribution in [0.3, 0.4) is 0 Å². The van der Waals surface area contributed by atoms with Crippen LogP contribution in [-0.2, 0) is 4.79 Å². The molecule has 0 saturated carbocycles. The molecule has 0 aliphatic rings. The Morgan fingerprint density at radius 2 is 2.00 bits per heavy atom. The topological polar surface area (TPSA) is 29.5 Å². The van der Waals surface area contributed by atoms with Gasteiger partial charge in [-0.3, -0.25) is 4.79 Å². The van der Waals surface area contributed by atoms with Crippen molar-refractivity contribution in [1.29, 1.82) is 0 Å². The van der Waals surface area contributed by atoms with Crippen molar-refractivity contribution in [3.8, 4) is 5.75 Å². The van der Waals surface area contributed by atoms with Gasteiger partial charge < -0.3 is 9.64 Å². The Balaban J connectivity index is 2.28. The number of halogens is 2. The molecular formula is C11H13F2NO2. The molecule has 0 bridgehead atoms. The van der Waals surface area contributed by atoms with E-state index in [2.05, 4.69) is 0 Å². The van der Waals surface area contributed by atoms with E-state index in [4.69, 9.17) is 4.74 Å². The Morgan fingerprint density at radius 3 is 2.56 bits per heavy atom. The second kappa shape index (κ2) is 6.05. The number of carbonyl (C=O) groups is 1. The van der Waals surface area contributed by atoms with Gasteiger partial charge in [0.15, 0.2) is 0 Å². The number of likely N-dealkylation sites (N-methyl/N-ethyl adjacent to an activating group) is 1. The average Bonchev–Trinajstić information content (AvgIpc) is 2.29. The van der Waals surface area contributed by atoms with E-state index in [1.807, 2.05) is 18.2 Å². The van der Waals surface area contributed by atoms with Crippen LogP contribution < -0.4 is 4.74 Å². The minimum Gasteiger partial charge on any atom is -0.492 e. The molecule has 0 unspecified atom stereocenters. The van der Waals surface area contributed by atoms with Crippen LogP contribution in [0.25, 0.3) is 0 Å². The van der Waals surface area contributed by atoms with Crippen LogP contribution in [0, 0.1) is 0 Å². The lowest BCUT2D eigenvalue weighted by Gasteiger charge is -2.16. The first-order chi connectivity index (χ1) is 7.61. The second-order valence-corrected chi connectivity index (χ2v) is 3.22.